The van der Waals surface area contributed by atoms with Gasteiger partial charge in [0.05, 0.1) is 17.9 Å². The van der Waals surface area contributed by atoms with E-state index >= 15 is 0 Å². The molecule has 0 bridgehead atoms. The zero-order valence-electron chi connectivity index (χ0n) is 12.7. The fourth-order valence-electron chi connectivity index (χ4n) is 2.79. The highest BCUT2D eigenvalue weighted by Crippen LogP contribution is 2.31. The zero-order chi connectivity index (χ0) is 14.8. The van der Waals surface area contributed by atoms with Gasteiger partial charge in [0.15, 0.2) is 5.82 Å². The Morgan fingerprint density at radius 1 is 1.33 bits per heavy atom. The predicted octanol–water partition coefficient (Wildman–Crippen LogP) is 2.58. The van der Waals surface area contributed by atoms with Crippen LogP contribution in [0.2, 0.25) is 0 Å². The Kier molecular flexibility index (Phi) is 3.73. The molecule has 5 heteroatoms. The summed E-state index contributed by atoms with van der Waals surface area (Å²) in [6.07, 6.45) is 1.04. The molecule has 1 aromatic heterocycles. The van der Waals surface area contributed by atoms with Crippen LogP contribution in [0.1, 0.15) is 24.6 Å². The largest absolute Gasteiger partial charge is 0.491 e. The van der Waals surface area contributed by atoms with Gasteiger partial charge in [0.2, 0.25) is 0 Å². The summed E-state index contributed by atoms with van der Waals surface area (Å²) >= 11 is 0. The molecule has 0 fully saturated rings. The van der Waals surface area contributed by atoms with Crippen LogP contribution in [-0.2, 0) is 13.1 Å². The molecule has 2 N–H and O–H groups in total. The Bertz CT molecular complexity index is 635. The molecule has 1 aliphatic rings. The molecule has 2 aromatic rings. The number of nitrogens with zero attached hydrogens (tertiary/aromatic N) is 3. The Labute approximate surface area is 125 Å². The van der Waals surface area contributed by atoms with Crippen molar-refractivity contribution in [3.8, 4) is 5.75 Å². The van der Waals surface area contributed by atoms with Crippen molar-refractivity contribution in [2.75, 3.05) is 23.8 Å². The van der Waals surface area contributed by atoms with Gasteiger partial charge >= 0.3 is 0 Å². The molecule has 1 aliphatic heterocycles. The molecule has 0 spiro atoms. The maximum Gasteiger partial charge on any atom is 0.151 e. The fraction of sp³-hybridized carbons (Fsp3) is 0.438. The number of benzene rings is 1. The van der Waals surface area contributed by atoms with Crippen LogP contribution in [0.5, 0.6) is 5.75 Å². The second kappa shape index (κ2) is 5.68. The van der Waals surface area contributed by atoms with E-state index in [2.05, 4.69) is 23.0 Å². The van der Waals surface area contributed by atoms with E-state index in [1.807, 2.05) is 29.8 Å². The standard InChI is InChI=1S/C16H22N4O/c1-3-8-20-16(15(17)12(2)18-20)19-9-10-21-14-7-5-4-6-13(14)11-19/h4-7H,3,8-11,17H2,1-2H3. The SMILES string of the molecule is CCCn1nc(C)c(N)c1N1CCOc2ccccc2C1. The summed E-state index contributed by atoms with van der Waals surface area (Å²) < 4.78 is 7.86. The quantitative estimate of drug-likeness (QED) is 0.942. The normalized spacial score (nSPS) is 14.5. The van der Waals surface area contributed by atoms with Crippen molar-refractivity contribution in [3.63, 3.8) is 0 Å². The van der Waals surface area contributed by atoms with Crippen molar-refractivity contribution in [2.45, 2.75) is 33.4 Å². The third-order valence-corrected chi connectivity index (χ3v) is 3.83. The molecule has 0 unspecified atom stereocenters. The molecule has 5 nitrogen and oxygen atoms in total. The van der Waals surface area contributed by atoms with Gasteiger partial charge in [-0.05, 0) is 19.4 Å². The first-order valence-corrected chi connectivity index (χ1v) is 7.49. The number of anilines is 2. The summed E-state index contributed by atoms with van der Waals surface area (Å²) in [6, 6.07) is 8.19. The summed E-state index contributed by atoms with van der Waals surface area (Å²) in [5.74, 6) is 1.99. The number of nitrogen functional groups attached to an aromatic ring is 1. The molecule has 0 saturated heterocycles. The van der Waals surface area contributed by atoms with E-state index in [1.165, 1.54) is 5.56 Å². The number of aryl methyl sites for hydroxylation is 2. The highest BCUT2D eigenvalue weighted by molar-refractivity contribution is 5.66. The fourth-order valence-corrected chi connectivity index (χ4v) is 2.79. The predicted molar refractivity (Wildman–Crippen MR) is 84.7 cm³/mol. The van der Waals surface area contributed by atoms with Crippen LogP contribution in [0.25, 0.3) is 0 Å². The van der Waals surface area contributed by atoms with Crippen LogP contribution in [0.4, 0.5) is 11.5 Å². The van der Waals surface area contributed by atoms with Crippen LogP contribution >= 0.6 is 0 Å². The number of para-hydroxylation sites is 1. The van der Waals surface area contributed by atoms with Gasteiger partial charge in [-0.15, -0.1) is 0 Å². The monoisotopic (exact) mass is 286 g/mol. The van der Waals surface area contributed by atoms with Crippen molar-refractivity contribution < 1.29 is 4.74 Å². The molecule has 0 atom stereocenters. The molecule has 0 aliphatic carbocycles. The van der Waals surface area contributed by atoms with Crippen LogP contribution in [0.3, 0.4) is 0 Å². The van der Waals surface area contributed by atoms with Gasteiger partial charge in [0.25, 0.3) is 0 Å². The lowest BCUT2D eigenvalue weighted by Gasteiger charge is -2.23. The smallest absolute Gasteiger partial charge is 0.151 e. The van der Waals surface area contributed by atoms with E-state index in [9.17, 15) is 0 Å². The maximum absolute atomic E-state index is 6.27. The maximum atomic E-state index is 6.27. The molecule has 0 amide bonds. The number of hydrogen-bond acceptors (Lipinski definition) is 4. The van der Waals surface area contributed by atoms with Gasteiger partial charge in [0.1, 0.15) is 12.4 Å². The summed E-state index contributed by atoms with van der Waals surface area (Å²) in [5.41, 5.74) is 9.14. The molecule has 1 aromatic carbocycles. The third-order valence-electron chi connectivity index (χ3n) is 3.83. The lowest BCUT2D eigenvalue weighted by Crippen LogP contribution is -2.28. The summed E-state index contributed by atoms with van der Waals surface area (Å²) in [6.45, 7) is 7.27. The van der Waals surface area contributed by atoms with E-state index in [-0.39, 0.29) is 0 Å². The minimum absolute atomic E-state index is 0.660. The Hall–Kier alpha value is -2.17. The van der Waals surface area contributed by atoms with Crippen LogP contribution in [0.15, 0.2) is 24.3 Å². The molecule has 3 rings (SSSR count). The lowest BCUT2D eigenvalue weighted by molar-refractivity contribution is 0.331. The minimum Gasteiger partial charge on any atom is -0.491 e. The average Bonchev–Trinajstić information content (AvgIpc) is 2.66. The van der Waals surface area contributed by atoms with E-state index in [0.29, 0.717) is 6.61 Å². The van der Waals surface area contributed by atoms with Gasteiger partial charge in [-0.2, -0.15) is 5.10 Å². The second-order valence-electron chi connectivity index (χ2n) is 5.42. The van der Waals surface area contributed by atoms with Crippen LogP contribution in [-0.4, -0.2) is 22.9 Å². The topological polar surface area (TPSA) is 56.3 Å². The molecule has 0 radical (unpaired) electrons. The van der Waals surface area contributed by atoms with Gasteiger partial charge < -0.3 is 15.4 Å². The van der Waals surface area contributed by atoms with Crippen molar-refractivity contribution >= 4 is 11.5 Å². The third kappa shape index (κ3) is 2.55. The minimum atomic E-state index is 0.660. The van der Waals surface area contributed by atoms with Gasteiger partial charge in [-0.1, -0.05) is 25.1 Å². The molecular formula is C16H22N4O. The van der Waals surface area contributed by atoms with Crippen molar-refractivity contribution in [3.05, 3.63) is 35.5 Å². The number of hydrogen-bond donors (Lipinski definition) is 1. The van der Waals surface area contributed by atoms with Crippen LogP contribution in [0, 0.1) is 6.92 Å². The number of fused-ring (bicyclic) bond motifs is 1. The first kappa shape index (κ1) is 13.8. The number of rotatable bonds is 3. The summed E-state index contributed by atoms with van der Waals surface area (Å²) in [5, 5.41) is 4.57. The van der Waals surface area contributed by atoms with E-state index in [0.717, 1.165) is 49.0 Å². The first-order chi connectivity index (χ1) is 10.2. The molecule has 21 heavy (non-hydrogen) atoms. The average molecular weight is 286 g/mol. The van der Waals surface area contributed by atoms with Gasteiger partial charge in [-0.3, -0.25) is 0 Å². The van der Waals surface area contributed by atoms with Crippen LogP contribution < -0.4 is 15.4 Å². The van der Waals surface area contributed by atoms with E-state index < -0.39 is 0 Å². The van der Waals surface area contributed by atoms with Crippen molar-refractivity contribution in [1.29, 1.82) is 0 Å². The van der Waals surface area contributed by atoms with E-state index in [1.54, 1.807) is 0 Å². The highest BCUT2D eigenvalue weighted by atomic mass is 16.5. The van der Waals surface area contributed by atoms with E-state index in [4.69, 9.17) is 10.5 Å². The second-order valence-corrected chi connectivity index (χ2v) is 5.42. The molecule has 112 valence electrons. The van der Waals surface area contributed by atoms with Crippen molar-refractivity contribution in [2.24, 2.45) is 0 Å². The molecule has 0 saturated carbocycles. The number of aromatic nitrogens is 2. The molecular weight excluding hydrogens is 264 g/mol. The Morgan fingerprint density at radius 2 is 2.14 bits per heavy atom. The van der Waals surface area contributed by atoms with Gasteiger partial charge in [0, 0.05) is 18.7 Å². The summed E-state index contributed by atoms with van der Waals surface area (Å²) in [7, 11) is 0. The van der Waals surface area contributed by atoms with Gasteiger partial charge in [-0.25, -0.2) is 4.68 Å². The lowest BCUT2D eigenvalue weighted by atomic mass is 10.2. The Balaban J connectivity index is 1.97. The zero-order valence-corrected chi connectivity index (χ0v) is 12.7. The number of nitrogens with two attached hydrogens (primary N) is 1. The van der Waals surface area contributed by atoms with Crippen molar-refractivity contribution in [1.82, 2.24) is 9.78 Å². The molecule has 2 heterocycles. The Morgan fingerprint density at radius 3 is 2.95 bits per heavy atom. The number of ether oxygens (including phenoxy) is 1. The first-order valence-electron chi connectivity index (χ1n) is 7.49. The summed E-state index contributed by atoms with van der Waals surface area (Å²) in [4.78, 5) is 2.27. The highest BCUT2D eigenvalue weighted by Gasteiger charge is 2.22.